The molecule has 2 aromatic carbocycles. The van der Waals surface area contributed by atoms with E-state index < -0.39 is 10.5 Å². The van der Waals surface area contributed by atoms with Crippen LogP contribution < -0.4 is 10.5 Å². The molecule has 98 valence electrons. The van der Waals surface area contributed by atoms with Crippen LogP contribution in [-0.2, 0) is 6.42 Å². The normalized spacial score (nSPS) is 15.8. The first-order chi connectivity index (χ1) is 9.08. The number of quaternary nitrogens is 2. The maximum Gasteiger partial charge on any atom is 0.167 e. The topological polar surface area (TPSA) is 95.5 Å². The van der Waals surface area contributed by atoms with Crippen LogP contribution in [0.15, 0.2) is 36.4 Å². The van der Waals surface area contributed by atoms with Crippen molar-refractivity contribution in [2.75, 3.05) is 0 Å². The third kappa shape index (κ3) is 1.92. The van der Waals surface area contributed by atoms with Gasteiger partial charge in [0.05, 0.1) is 0 Å². The first-order valence-corrected chi connectivity index (χ1v) is 5.79. The summed E-state index contributed by atoms with van der Waals surface area (Å²) in [6.07, 6.45) is 0.535. The Kier molecular flexibility index (Phi) is 2.83. The van der Waals surface area contributed by atoms with Crippen molar-refractivity contribution in [1.29, 1.82) is 0 Å². The van der Waals surface area contributed by atoms with Crippen molar-refractivity contribution >= 4 is 11.4 Å². The number of hydrogen-bond donors (Lipinski definition) is 4. The van der Waals surface area contributed by atoms with Crippen LogP contribution in [-0.4, -0.2) is 10.4 Å². The molecule has 0 bridgehead atoms. The van der Waals surface area contributed by atoms with E-state index in [0.29, 0.717) is 6.42 Å². The van der Waals surface area contributed by atoms with E-state index in [-0.39, 0.29) is 11.4 Å². The Morgan fingerprint density at radius 3 is 2.42 bits per heavy atom. The minimum absolute atomic E-state index is 0.215. The van der Waals surface area contributed by atoms with Crippen molar-refractivity contribution in [3.8, 4) is 11.1 Å². The molecule has 2 unspecified atom stereocenters. The van der Waals surface area contributed by atoms with Crippen LogP contribution >= 0.6 is 0 Å². The zero-order valence-corrected chi connectivity index (χ0v) is 9.88. The molecule has 0 fully saturated rings. The summed E-state index contributed by atoms with van der Waals surface area (Å²) >= 11 is 0. The monoisotopic (exact) mass is 260 g/mol. The van der Waals surface area contributed by atoms with E-state index in [2.05, 4.69) is 0 Å². The Morgan fingerprint density at radius 2 is 1.74 bits per heavy atom. The third-order valence-electron chi connectivity index (χ3n) is 3.42. The van der Waals surface area contributed by atoms with Gasteiger partial charge in [-0.15, -0.1) is 0 Å². The largest absolute Gasteiger partial charge is 0.595 e. The number of nitrogens with one attached hydrogen (secondary N) is 2. The van der Waals surface area contributed by atoms with Gasteiger partial charge in [-0.05, 0) is 16.7 Å². The molecule has 2 aromatic rings. The molecule has 6 heteroatoms. The van der Waals surface area contributed by atoms with Crippen LogP contribution in [0.1, 0.15) is 11.1 Å². The number of benzene rings is 2. The Labute approximate surface area is 108 Å². The fourth-order valence-electron chi connectivity index (χ4n) is 2.53. The Bertz CT molecular complexity index is 641. The molecule has 1 aliphatic carbocycles. The highest BCUT2D eigenvalue weighted by atomic mass is 16.8. The zero-order chi connectivity index (χ0) is 13.6. The minimum Gasteiger partial charge on any atom is -0.595 e. The van der Waals surface area contributed by atoms with Crippen LogP contribution in [0.25, 0.3) is 11.1 Å². The number of hydrogen-bond acceptors (Lipinski definition) is 4. The van der Waals surface area contributed by atoms with Crippen molar-refractivity contribution in [2.45, 2.75) is 6.42 Å². The molecule has 0 saturated carbocycles. The summed E-state index contributed by atoms with van der Waals surface area (Å²) in [7, 11) is 0. The van der Waals surface area contributed by atoms with Gasteiger partial charge in [-0.25, -0.2) is 10.4 Å². The van der Waals surface area contributed by atoms with Crippen LogP contribution in [0.4, 0.5) is 11.4 Å². The van der Waals surface area contributed by atoms with Gasteiger partial charge in [0.2, 0.25) is 0 Å². The average molecular weight is 260 g/mol. The molecular formula is C13H12N2O4. The number of rotatable bonds is 2. The summed E-state index contributed by atoms with van der Waals surface area (Å²) in [5.74, 6) is 0. The Hall–Kier alpha value is -1.80. The lowest BCUT2D eigenvalue weighted by atomic mass is 10.0. The summed E-state index contributed by atoms with van der Waals surface area (Å²) in [4.78, 5) is 0. The molecule has 0 aromatic heterocycles. The van der Waals surface area contributed by atoms with Crippen molar-refractivity contribution < 1.29 is 20.9 Å². The third-order valence-corrected chi connectivity index (χ3v) is 3.42. The lowest BCUT2D eigenvalue weighted by Gasteiger charge is -2.15. The van der Waals surface area contributed by atoms with Crippen LogP contribution in [0.2, 0.25) is 0 Å². The lowest BCUT2D eigenvalue weighted by molar-refractivity contribution is -0.991. The van der Waals surface area contributed by atoms with Gasteiger partial charge in [-0.1, -0.05) is 18.2 Å². The van der Waals surface area contributed by atoms with Gasteiger partial charge in [0.15, 0.2) is 11.4 Å². The SMILES string of the molecule is [O-][NH+](O)c1ccc2c(c1)-c1cccc([NH+]([O-])O)c1C2. The van der Waals surface area contributed by atoms with Crippen LogP contribution in [0.3, 0.4) is 0 Å². The van der Waals surface area contributed by atoms with Crippen molar-refractivity contribution in [3.05, 3.63) is 57.9 Å². The van der Waals surface area contributed by atoms with E-state index >= 15 is 0 Å². The fourth-order valence-corrected chi connectivity index (χ4v) is 2.53. The van der Waals surface area contributed by atoms with Gasteiger partial charge in [0.1, 0.15) is 0 Å². The van der Waals surface area contributed by atoms with Gasteiger partial charge in [-0.2, -0.15) is 10.5 Å². The first kappa shape index (κ1) is 12.2. The first-order valence-electron chi connectivity index (χ1n) is 5.79. The molecule has 3 rings (SSSR count). The highest BCUT2D eigenvalue weighted by Gasteiger charge is 2.24. The second kappa shape index (κ2) is 4.39. The summed E-state index contributed by atoms with van der Waals surface area (Å²) in [5.41, 5.74) is 3.86. The van der Waals surface area contributed by atoms with Crippen LogP contribution in [0.5, 0.6) is 0 Å². The summed E-state index contributed by atoms with van der Waals surface area (Å²) in [5, 5.41) is 38.4. The predicted octanol–water partition coefficient (Wildman–Crippen LogP) is 0.0646. The highest BCUT2D eigenvalue weighted by molar-refractivity contribution is 5.81. The van der Waals surface area contributed by atoms with E-state index in [1.54, 1.807) is 30.3 Å². The quantitative estimate of drug-likeness (QED) is 0.490. The molecule has 0 saturated heterocycles. The van der Waals surface area contributed by atoms with E-state index in [9.17, 15) is 15.6 Å². The van der Waals surface area contributed by atoms with E-state index in [4.69, 9.17) is 5.21 Å². The van der Waals surface area contributed by atoms with Crippen molar-refractivity contribution in [2.24, 2.45) is 0 Å². The number of fused-ring (bicyclic) bond motifs is 3. The Balaban J connectivity index is 2.17. The Morgan fingerprint density at radius 1 is 0.947 bits per heavy atom. The molecule has 0 amide bonds. The molecule has 6 nitrogen and oxygen atoms in total. The van der Waals surface area contributed by atoms with Gasteiger partial charge in [0.25, 0.3) is 0 Å². The summed E-state index contributed by atoms with van der Waals surface area (Å²) < 4.78 is 0. The fraction of sp³-hybridized carbons (Fsp3) is 0.0769. The zero-order valence-electron chi connectivity index (χ0n) is 9.88. The van der Waals surface area contributed by atoms with Crippen molar-refractivity contribution in [3.63, 3.8) is 0 Å². The second-order valence-corrected chi connectivity index (χ2v) is 4.49. The highest BCUT2D eigenvalue weighted by Crippen LogP contribution is 2.39. The van der Waals surface area contributed by atoms with E-state index in [1.165, 1.54) is 0 Å². The molecule has 19 heavy (non-hydrogen) atoms. The maximum absolute atomic E-state index is 11.2. The maximum atomic E-state index is 11.2. The molecule has 0 heterocycles. The van der Waals surface area contributed by atoms with Crippen LogP contribution in [0, 0.1) is 10.4 Å². The smallest absolute Gasteiger partial charge is 0.167 e. The van der Waals surface area contributed by atoms with Crippen molar-refractivity contribution in [1.82, 2.24) is 0 Å². The molecule has 0 spiro atoms. The average Bonchev–Trinajstić information content (AvgIpc) is 2.75. The van der Waals surface area contributed by atoms with Gasteiger partial charge < -0.3 is 10.4 Å². The standard InChI is InChI=1S/C13H12N2O4/c16-14(17)9-5-4-8-6-12-10(11(8)7-9)2-1-3-13(12)15(18)19/h1-5,7,14-16,18H,6H2. The van der Waals surface area contributed by atoms with E-state index in [0.717, 1.165) is 22.3 Å². The molecule has 4 N–H and O–H groups in total. The minimum atomic E-state index is -0.981. The molecule has 2 atom stereocenters. The lowest BCUT2D eigenvalue weighted by Crippen LogP contribution is -2.99. The summed E-state index contributed by atoms with van der Waals surface area (Å²) in [6.45, 7) is 0. The van der Waals surface area contributed by atoms with E-state index in [1.807, 2.05) is 6.07 Å². The van der Waals surface area contributed by atoms with Gasteiger partial charge in [-0.3, -0.25) is 0 Å². The molecule has 0 aliphatic heterocycles. The second-order valence-electron chi connectivity index (χ2n) is 4.49. The molecular weight excluding hydrogens is 248 g/mol. The van der Waals surface area contributed by atoms with Gasteiger partial charge in [0, 0.05) is 30.2 Å². The molecule has 0 radical (unpaired) electrons. The summed E-state index contributed by atoms with van der Waals surface area (Å²) in [6, 6.07) is 10.0. The predicted molar refractivity (Wildman–Crippen MR) is 66.2 cm³/mol. The molecule has 1 aliphatic rings. The van der Waals surface area contributed by atoms with Gasteiger partial charge >= 0.3 is 0 Å².